The molecule has 148 valence electrons. The Bertz CT molecular complexity index is 1340. The van der Waals surface area contributed by atoms with Crippen LogP contribution in [0.4, 0.5) is 5.69 Å². The lowest BCUT2D eigenvalue weighted by molar-refractivity contribution is 0.356. The standard InChI is InChI=1S/C22H21N3O4/c1-12-6-21(26)24-17-5-4-15(9-16(12)17)23-11-14-7-13-8-19(28-2)20(29-3)10-18(13)25-22(14)27/h4-10,23H,11H2,1-3H3,(H,24,26)(H,25,27). The van der Waals surface area contributed by atoms with Gasteiger partial charge in [0.2, 0.25) is 5.56 Å². The minimum Gasteiger partial charge on any atom is -0.493 e. The van der Waals surface area contributed by atoms with Gasteiger partial charge in [-0.05, 0) is 42.8 Å². The lowest BCUT2D eigenvalue weighted by Gasteiger charge is -2.11. The molecule has 0 aliphatic carbocycles. The highest BCUT2D eigenvalue weighted by molar-refractivity contribution is 5.85. The average molecular weight is 391 g/mol. The quantitative estimate of drug-likeness (QED) is 0.485. The number of H-pyrrole nitrogens is 2. The summed E-state index contributed by atoms with van der Waals surface area (Å²) in [6.45, 7) is 2.25. The van der Waals surface area contributed by atoms with Gasteiger partial charge in [-0.2, -0.15) is 0 Å². The zero-order valence-corrected chi connectivity index (χ0v) is 16.4. The fourth-order valence-corrected chi connectivity index (χ4v) is 3.44. The summed E-state index contributed by atoms with van der Waals surface area (Å²) < 4.78 is 10.6. The van der Waals surface area contributed by atoms with Crippen molar-refractivity contribution in [3.8, 4) is 11.5 Å². The Morgan fingerprint density at radius 2 is 1.66 bits per heavy atom. The summed E-state index contributed by atoms with van der Waals surface area (Å²) in [5.41, 5.74) is 3.54. The van der Waals surface area contributed by atoms with E-state index in [1.165, 1.54) is 0 Å². The Morgan fingerprint density at radius 3 is 2.41 bits per heavy atom. The highest BCUT2D eigenvalue weighted by Gasteiger charge is 2.09. The zero-order valence-electron chi connectivity index (χ0n) is 16.4. The van der Waals surface area contributed by atoms with Gasteiger partial charge < -0.3 is 24.8 Å². The molecule has 29 heavy (non-hydrogen) atoms. The number of rotatable bonds is 5. The monoisotopic (exact) mass is 391 g/mol. The molecule has 0 saturated heterocycles. The predicted molar refractivity (Wildman–Crippen MR) is 114 cm³/mol. The Kier molecular flexibility index (Phi) is 4.72. The number of ether oxygens (including phenoxy) is 2. The van der Waals surface area contributed by atoms with Crippen LogP contribution in [-0.2, 0) is 6.54 Å². The third-order valence-electron chi connectivity index (χ3n) is 4.96. The third-order valence-corrected chi connectivity index (χ3v) is 4.96. The predicted octanol–water partition coefficient (Wildman–Crippen LogP) is 3.31. The fourth-order valence-electron chi connectivity index (χ4n) is 3.44. The van der Waals surface area contributed by atoms with Crippen LogP contribution in [0.3, 0.4) is 0 Å². The van der Waals surface area contributed by atoms with E-state index in [2.05, 4.69) is 15.3 Å². The molecule has 7 heteroatoms. The molecule has 2 heterocycles. The maximum Gasteiger partial charge on any atom is 0.253 e. The van der Waals surface area contributed by atoms with Crippen molar-refractivity contribution in [3.05, 3.63) is 74.3 Å². The number of hydrogen-bond acceptors (Lipinski definition) is 5. The number of aromatic amines is 2. The smallest absolute Gasteiger partial charge is 0.253 e. The van der Waals surface area contributed by atoms with E-state index in [1.54, 1.807) is 26.4 Å². The number of hydrogen-bond donors (Lipinski definition) is 3. The molecule has 3 N–H and O–H groups in total. The molecule has 0 aliphatic heterocycles. The zero-order chi connectivity index (χ0) is 20.5. The Hall–Kier alpha value is -3.74. The number of nitrogens with one attached hydrogen (secondary N) is 3. The summed E-state index contributed by atoms with van der Waals surface area (Å²) in [6.07, 6.45) is 0. The molecule has 2 aromatic heterocycles. The Morgan fingerprint density at radius 1 is 0.897 bits per heavy atom. The third kappa shape index (κ3) is 3.54. The van der Waals surface area contributed by atoms with Crippen molar-refractivity contribution in [2.75, 3.05) is 19.5 Å². The molecule has 4 aromatic rings. The van der Waals surface area contributed by atoms with Gasteiger partial charge in [0.05, 0.1) is 19.7 Å². The van der Waals surface area contributed by atoms with Gasteiger partial charge in [0, 0.05) is 46.2 Å². The van der Waals surface area contributed by atoms with E-state index in [1.807, 2.05) is 37.3 Å². The fraction of sp³-hybridized carbons (Fsp3) is 0.182. The average Bonchev–Trinajstić information content (AvgIpc) is 2.71. The second kappa shape index (κ2) is 7.35. The first-order valence-corrected chi connectivity index (χ1v) is 9.14. The second-order valence-electron chi connectivity index (χ2n) is 6.85. The van der Waals surface area contributed by atoms with Crippen LogP contribution in [-0.4, -0.2) is 24.2 Å². The molecule has 0 unspecified atom stereocenters. The number of anilines is 1. The van der Waals surface area contributed by atoms with E-state index in [0.29, 0.717) is 29.1 Å². The number of aryl methyl sites for hydroxylation is 1. The van der Waals surface area contributed by atoms with Crippen molar-refractivity contribution in [1.29, 1.82) is 0 Å². The van der Waals surface area contributed by atoms with Crippen LogP contribution in [0.25, 0.3) is 21.8 Å². The van der Waals surface area contributed by atoms with Crippen LogP contribution in [0.5, 0.6) is 11.5 Å². The first-order chi connectivity index (χ1) is 14.0. The summed E-state index contributed by atoms with van der Waals surface area (Å²) in [4.78, 5) is 29.8. The van der Waals surface area contributed by atoms with Crippen LogP contribution in [0.15, 0.2) is 52.1 Å². The molecule has 0 bridgehead atoms. The number of aromatic nitrogens is 2. The summed E-state index contributed by atoms with van der Waals surface area (Å²) in [6, 6.07) is 12.7. The number of fused-ring (bicyclic) bond motifs is 2. The van der Waals surface area contributed by atoms with Gasteiger partial charge >= 0.3 is 0 Å². The first kappa shape index (κ1) is 18.6. The molecule has 4 rings (SSSR count). The normalized spacial score (nSPS) is 11.0. The molecular weight excluding hydrogens is 370 g/mol. The number of pyridine rings is 2. The van der Waals surface area contributed by atoms with Gasteiger partial charge in [0.25, 0.3) is 5.56 Å². The lowest BCUT2D eigenvalue weighted by atomic mass is 10.1. The van der Waals surface area contributed by atoms with E-state index in [0.717, 1.165) is 27.5 Å². The molecule has 7 nitrogen and oxygen atoms in total. The minimum atomic E-state index is -0.168. The van der Waals surface area contributed by atoms with Crippen molar-refractivity contribution in [3.63, 3.8) is 0 Å². The molecule has 0 saturated carbocycles. The largest absolute Gasteiger partial charge is 0.493 e. The van der Waals surface area contributed by atoms with E-state index in [9.17, 15) is 9.59 Å². The Balaban J connectivity index is 1.65. The summed E-state index contributed by atoms with van der Waals surface area (Å²) >= 11 is 0. The molecular formula is C22H21N3O4. The van der Waals surface area contributed by atoms with Crippen molar-refractivity contribution in [2.24, 2.45) is 0 Å². The minimum absolute atomic E-state index is 0.120. The summed E-state index contributed by atoms with van der Waals surface area (Å²) in [5, 5.41) is 5.09. The molecule has 0 radical (unpaired) electrons. The maximum atomic E-state index is 12.5. The van der Waals surface area contributed by atoms with E-state index in [4.69, 9.17) is 9.47 Å². The molecule has 0 spiro atoms. The van der Waals surface area contributed by atoms with Gasteiger partial charge in [-0.3, -0.25) is 9.59 Å². The van der Waals surface area contributed by atoms with E-state index >= 15 is 0 Å². The molecule has 2 aromatic carbocycles. The molecule has 0 atom stereocenters. The first-order valence-electron chi connectivity index (χ1n) is 9.14. The van der Waals surface area contributed by atoms with Gasteiger partial charge in [-0.15, -0.1) is 0 Å². The highest BCUT2D eigenvalue weighted by atomic mass is 16.5. The maximum absolute atomic E-state index is 12.5. The van der Waals surface area contributed by atoms with Gasteiger partial charge in [0.15, 0.2) is 11.5 Å². The topological polar surface area (TPSA) is 96.2 Å². The SMILES string of the molecule is COc1cc2cc(CNc3ccc4[nH]c(=O)cc(C)c4c3)c(=O)[nH]c2cc1OC. The van der Waals surface area contributed by atoms with E-state index in [-0.39, 0.29) is 11.1 Å². The molecule has 0 aliphatic rings. The number of methoxy groups -OCH3 is 2. The molecule has 0 fully saturated rings. The van der Waals surface area contributed by atoms with Gasteiger partial charge in [0.1, 0.15) is 0 Å². The van der Waals surface area contributed by atoms with Crippen LogP contribution >= 0.6 is 0 Å². The van der Waals surface area contributed by atoms with E-state index < -0.39 is 0 Å². The van der Waals surface area contributed by atoms with Gasteiger partial charge in [-0.1, -0.05) is 0 Å². The van der Waals surface area contributed by atoms with Crippen molar-refractivity contribution < 1.29 is 9.47 Å². The van der Waals surface area contributed by atoms with Crippen LogP contribution < -0.4 is 25.9 Å². The summed E-state index contributed by atoms with van der Waals surface area (Å²) in [7, 11) is 3.13. The Labute approximate surface area is 166 Å². The van der Waals surface area contributed by atoms with Crippen LogP contribution in [0.1, 0.15) is 11.1 Å². The second-order valence-corrected chi connectivity index (χ2v) is 6.85. The highest BCUT2D eigenvalue weighted by Crippen LogP contribution is 2.31. The van der Waals surface area contributed by atoms with Crippen molar-refractivity contribution in [1.82, 2.24) is 9.97 Å². The lowest BCUT2D eigenvalue weighted by Crippen LogP contribution is -2.15. The number of benzene rings is 2. The van der Waals surface area contributed by atoms with Crippen molar-refractivity contribution >= 4 is 27.5 Å². The molecule has 0 amide bonds. The van der Waals surface area contributed by atoms with Crippen molar-refractivity contribution in [2.45, 2.75) is 13.5 Å². The summed E-state index contributed by atoms with van der Waals surface area (Å²) in [5.74, 6) is 1.16. The van der Waals surface area contributed by atoms with Crippen LogP contribution in [0.2, 0.25) is 0 Å². The van der Waals surface area contributed by atoms with Gasteiger partial charge in [-0.25, -0.2) is 0 Å². The van der Waals surface area contributed by atoms with Crippen LogP contribution in [0, 0.1) is 6.92 Å².